The van der Waals surface area contributed by atoms with Crippen LogP contribution >= 0.6 is 15.9 Å². The minimum atomic E-state index is -0.620. The van der Waals surface area contributed by atoms with Gasteiger partial charge in [0, 0.05) is 6.42 Å². The second-order valence-electron chi connectivity index (χ2n) is 7.76. The Bertz CT molecular complexity index is 492. The quantitative estimate of drug-likeness (QED) is 0.422. The first-order chi connectivity index (χ1) is 10.5. The summed E-state index contributed by atoms with van der Waals surface area (Å²) in [7, 11) is 0. The molecule has 0 heterocycles. The Morgan fingerprint density at radius 3 is 2.26 bits per heavy atom. The van der Waals surface area contributed by atoms with E-state index in [1.54, 1.807) is 0 Å². The SMILES string of the molecule is CC(C)CC(CC(N)(Br)Cc1ccccc1)C(=O)OC(C)(C)C. The average Bonchev–Trinajstić information content (AvgIpc) is 2.35. The molecule has 23 heavy (non-hydrogen) atoms. The molecule has 0 spiro atoms. The van der Waals surface area contributed by atoms with Gasteiger partial charge in [0.2, 0.25) is 0 Å². The van der Waals surface area contributed by atoms with Crippen LogP contribution in [0.25, 0.3) is 0 Å². The van der Waals surface area contributed by atoms with Gasteiger partial charge in [0.25, 0.3) is 0 Å². The predicted molar refractivity (Wildman–Crippen MR) is 99.4 cm³/mol. The maximum absolute atomic E-state index is 12.5. The van der Waals surface area contributed by atoms with Crippen LogP contribution in [0.3, 0.4) is 0 Å². The van der Waals surface area contributed by atoms with Crippen molar-refractivity contribution in [2.24, 2.45) is 17.6 Å². The number of carbonyl (C=O) groups excluding carboxylic acids is 1. The second kappa shape index (κ2) is 8.29. The molecule has 0 aliphatic rings. The number of carbonyl (C=O) groups is 1. The lowest BCUT2D eigenvalue weighted by Gasteiger charge is -2.30. The van der Waals surface area contributed by atoms with Crippen LogP contribution in [0.2, 0.25) is 0 Å². The van der Waals surface area contributed by atoms with Crippen molar-refractivity contribution in [2.45, 2.75) is 63.9 Å². The molecule has 1 aromatic rings. The van der Waals surface area contributed by atoms with Gasteiger partial charge >= 0.3 is 5.97 Å². The zero-order valence-electron chi connectivity index (χ0n) is 14.9. The third-order valence-corrected chi connectivity index (χ3v) is 4.03. The van der Waals surface area contributed by atoms with Crippen LogP contribution in [-0.4, -0.2) is 16.0 Å². The van der Waals surface area contributed by atoms with E-state index in [9.17, 15) is 4.79 Å². The number of rotatable bonds is 7. The third kappa shape index (κ3) is 8.52. The highest BCUT2D eigenvalue weighted by molar-refractivity contribution is 9.10. The third-order valence-electron chi connectivity index (χ3n) is 3.42. The van der Waals surface area contributed by atoms with Gasteiger partial charge in [-0.15, -0.1) is 0 Å². The fourth-order valence-electron chi connectivity index (χ4n) is 2.63. The molecule has 0 radical (unpaired) electrons. The van der Waals surface area contributed by atoms with E-state index in [1.807, 2.05) is 51.1 Å². The molecule has 1 aromatic carbocycles. The summed E-state index contributed by atoms with van der Waals surface area (Å²) < 4.78 is 4.96. The summed E-state index contributed by atoms with van der Waals surface area (Å²) in [6, 6.07) is 10.1. The van der Waals surface area contributed by atoms with Gasteiger partial charge in [0.05, 0.1) is 10.4 Å². The predicted octanol–water partition coefficient (Wildman–Crippen LogP) is 4.67. The van der Waals surface area contributed by atoms with E-state index in [2.05, 4.69) is 29.8 Å². The zero-order valence-corrected chi connectivity index (χ0v) is 16.5. The monoisotopic (exact) mass is 383 g/mol. The summed E-state index contributed by atoms with van der Waals surface area (Å²) in [6.45, 7) is 9.91. The van der Waals surface area contributed by atoms with Crippen LogP contribution in [-0.2, 0) is 16.0 Å². The number of halogens is 1. The highest BCUT2D eigenvalue weighted by atomic mass is 79.9. The summed E-state index contributed by atoms with van der Waals surface area (Å²) in [5.41, 5.74) is 7.11. The Morgan fingerprint density at radius 1 is 1.22 bits per heavy atom. The first-order valence-electron chi connectivity index (χ1n) is 8.23. The van der Waals surface area contributed by atoms with Crippen molar-refractivity contribution >= 4 is 21.9 Å². The highest BCUT2D eigenvalue weighted by Gasteiger charge is 2.33. The summed E-state index contributed by atoms with van der Waals surface area (Å²) in [5, 5.41) is 0. The van der Waals surface area contributed by atoms with Gasteiger partial charge in [-0.2, -0.15) is 0 Å². The van der Waals surface area contributed by atoms with E-state index in [4.69, 9.17) is 10.5 Å². The molecule has 130 valence electrons. The van der Waals surface area contributed by atoms with Crippen molar-refractivity contribution in [1.82, 2.24) is 0 Å². The zero-order chi connectivity index (χ0) is 17.7. The van der Waals surface area contributed by atoms with E-state index in [0.29, 0.717) is 18.8 Å². The Kier molecular flexibility index (Phi) is 7.28. The lowest BCUT2D eigenvalue weighted by molar-refractivity contribution is -0.161. The standard InChI is InChI=1S/C19H30BrNO2/c1-14(2)11-16(17(22)23-18(3,4)5)13-19(20,21)12-15-9-7-6-8-10-15/h6-10,14,16H,11-13,21H2,1-5H3. The molecule has 0 saturated heterocycles. The Balaban J connectivity index is 2.80. The first kappa shape index (κ1) is 20.2. The second-order valence-corrected chi connectivity index (χ2v) is 9.34. The van der Waals surface area contributed by atoms with Gasteiger partial charge in [-0.3, -0.25) is 4.79 Å². The minimum Gasteiger partial charge on any atom is -0.460 e. The van der Waals surface area contributed by atoms with Crippen molar-refractivity contribution in [2.75, 3.05) is 0 Å². The maximum atomic E-state index is 12.5. The van der Waals surface area contributed by atoms with Crippen molar-refractivity contribution in [3.63, 3.8) is 0 Å². The normalized spacial score (nSPS) is 16.0. The molecule has 0 fully saturated rings. The number of ether oxygens (including phenoxy) is 1. The molecule has 0 amide bonds. The molecule has 2 unspecified atom stereocenters. The van der Waals surface area contributed by atoms with Crippen LogP contribution in [0.15, 0.2) is 30.3 Å². The Hall–Kier alpha value is -0.870. The summed E-state index contributed by atoms with van der Waals surface area (Å²) in [4.78, 5) is 12.5. The molecular formula is C19H30BrNO2. The molecule has 4 heteroatoms. The lowest BCUT2D eigenvalue weighted by atomic mass is 9.89. The average molecular weight is 384 g/mol. The maximum Gasteiger partial charge on any atom is 0.309 e. The molecule has 0 bridgehead atoms. The van der Waals surface area contributed by atoms with E-state index < -0.39 is 10.0 Å². The van der Waals surface area contributed by atoms with Gasteiger partial charge < -0.3 is 10.5 Å². The smallest absolute Gasteiger partial charge is 0.309 e. The molecule has 0 aliphatic heterocycles. The van der Waals surface area contributed by atoms with Crippen LogP contribution in [0.1, 0.15) is 53.0 Å². The topological polar surface area (TPSA) is 52.3 Å². The summed E-state index contributed by atoms with van der Waals surface area (Å²) in [5.74, 6) is 0.0448. The molecule has 1 rings (SSSR count). The molecule has 2 N–H and O–H groups in total. The van der Waals surface area contributed by atoms with Crippen LogP contribution < -0.4 is 5.73 Å². The Morgan fingerprint density at radius 2 is 1.78 bits per heavy atom. The van der Waals surface area contributed by atoms with Crippen molar-refractivity contribution in [1.29, 1.82) is 0 Å². The van der Waals surface area contributed by atoms with Crippen molar-refractivity contribution < 1.29 is 9.53 Å². The highest BCUT2D eigenvalue weighted by Crippen LogP contribution is 2.30. The molecule has 3 nitrogen and oxygen atoms in total. The largest absolute Gasteiger partial charge is 0.460 e. The lowest BCUT2D eigenvalue weighted by Crippen LogP contribution is -2.41. The van der Waals surface area contributed by atoms with Gasteiger partial charge in [-0.1, -0.05) is 60.1 Å². The minimum absolute atomic E-state index is 0.159. The summed E-state index contributed by atoms with van der Waals surface area (Å²) >= 11 is 3.63. The van der Waals surface area contributed by atoms with E-state index in [-0.39, 0.29) is 11.9 Å². The van der Waals surface area contributed by atoms with Gasteiger partial charge in [0.15, 0.2) is 0 Å². The van der Waals surface area contributed by atoms with Crippen LogP contribution in [0, 0.1) is 11.8 Å². The van der Waals surface area contributed by atoms with E-state index in [0.717, 1.165) is 12.0 Å². The molecular weight excluding hydrogens is 354 g/mol. The number of benzene rings is 1. The fourth-order valence-corrected chi connectivity index (χ4v) is 3.35. The van der Waals surface area contributed by atoms with Crippen molar-refractivity contribution in [3.8, 4) is 0 Å². The van der Waals surface area contributed by atoms with Crippen molar-refractivity contribution in [3.05, 3.63) is 35.9 Å². The molecule has 0 aliphatic carbocycles. The number of alkyl halides is 1. The molecule has 0 aromatic heterocycles. The number of nitrogens with two attached hydrogens (primary N) is 1. The summed E-state index contributed by atoms with van der Waals surface area (Å²) in [6.07, 6.45) is 1.99. The van der Waals surface area contributed by atoms with Crippen LogP contribution in [0.4, 0.5) is 0 Å². The van der Waals surface area contributed by atoms with E-state index in [1.165, 1.54) is 0 Å². The van der Waals surface area contributed by atoms with Crippen LogP contribution in [0.5, 0.6) is 0 Å². The first-order valence-corrected chi connectivity index (χ1v) is 9.02. The van der Waals surface area contributed by atoms with Gasteiger partial charge in [-0.25, -0.2) is 0 Å². The fraction of sp³-hybridized carbons (Fsp3) is 0.632. The van der Waals surface area contributed by atoms with Gasteiger partial charge in [-0.05, 0) is 45.1 Å². The molecule has 2 atom stereocenters. The number of hydrogen-bond donors (Lipinski definition) is 1. The number of esters is 1. The van der Waals surface area contributed by atoms with Gasteiger partial charge in [0.1, 0.15) is 5.60 Å². The molecule has 0 saturated carbocycles. The van der Waals surface area contributed by atoms with E-state index >= 15 is 0 Å². The Labute approximate surface area is 149 Å². The number of hydrogen-bond acceptors (Lipinski definition) is 3.